The van der Waals surface area contributed by atoms with Crippen LogP contribution in [-0.4, -0.2) is 51.7 Å². The lowest BCUT2D eigenvalue weighted by molar-refractivity contribution is 0.0627. The molecule has 3 aromatic rings. The third-order valence-corrected chi connectivity index (χ3v) is 6.96. The third-order valence-electron chi connectivity index (χ3n) is 5.81. The number of carbonyl (C=O) groups is 1. The van der Waals surface area contributed by atoms with Crippen molar-refractivity contribution in [2.24, 2.45) is 0 Å². The molecule has 31 heavy (non-hydrogen) atoms. The quantitative estimate of drug-likeness (QED) is 0.538. The topological polar surface area (TPSA) is 41.4 Å². The number of aromatic nitrogens is 2. The number of carbonyl (C=O) groups excluding carboxylic acids is 1. The standard InChI is InChI=1S/C24H26BrFN4O/c1-17-23(25)18(2)30(27-17)15-19-6-5-8-20(14-19)24(31)29-12-10-28(11-13-29)16-21-7-3-4-9-22(21)26/h3-9,14H,10-13,15-16H2,1-2H3. The molecule has 1 saturated heterocycles. The molecule has 0 N–H and O–H groups in total. The van der Waals surface area contributed by atoms with Gasteiger partial charge in [0.2, 0.25) is 0 Å². The van der Waals surface area contributed by atoms with Gasteiger partial charge in [-0.3, -0.25) is 14.4 Å². The normalized spacial score (nSPS) is 14.8. The number of benzene rings is 2. The Morgan fingerprint density at radius 1 is 1.03 bits per heavy atom. The zero-order valence-electron chi connectivity index (χ0n) is 17.8. The van der Waals surface area contributed by atoms with E-state index in [-0.39, 0.29) is 11.7 Å². The van der Waals surface area contributed by atoms with E-state index in [9.17, 15) is 9.18 Å². The minimum Gasteiger partial charge on any atom is -0.336 e. The molecule has 0 atom stereocenters. The lowest BCUT2D eigenvalue weighted by Crippen LogP contribution is -2.48. The van der Waals surface area contributed by atoms with Crippen LogP contribution >= 0.6 is 15.9 Å². The molecule has 1 aliphatic rings. The van der Waals surface area contributed by atoms with E-state index >= 15 is 0 Å². The van der Waals surface area contributed by atoms with E-state index in [0.29, 0.717) is 37.3 Å². The summed E-state index contributed by atoms with van der Waals surface area (Å²) in [4.78, 5) is 17.1. The molecule has 162 valence electrons. The summed E-state index contributed by atoms with van der Waals surface area (Å²) in [5.41, 5.74) is 4.46. The van der Waals surface area contributed by atoms with Crippen LogP contribution in [0, 0.1) is 19.7 Å². The van der Waals surface area contributed by atoms with Crippen LogP contribution in [-0.2, 0) is 13.1 Å². The molecular formula is C24H26BrFN4O. The molecule has 0 unspecified atom stereocenters. The van der Waals surface area contributed by atoms with Crippen molar-refractivity contribution in [3.05, 3.63) is 86.9 Å². The van der Waals surface area contributed by atoms with E-state index in [4.69, 9.17) is 0 Å². The van der Waals surface area contributed by atoms with Gasteiger partial charge in [0.1, 0.15) is 5.82 Å². The third kappa shape index (κ3) is 4.88. The molecule has 0 saturated carbocycles. The van der Waals surface area contributed by atoms with Gasteiger partial charge >= 0.3 is 0 Å². The monoisotopic (exact) mass is 484 g/mol. The van der Waals surface area contributed by atoms with Gasteiger partial charge in [0.25, 0.3) is 5.91 Å². The molecule has 0 aliphatic carbocycles. The van der Waals surface area contributed by atoms with E-state index in [0.717, 1.165) is 34.5 Å². The number of piperazine rings is 1. The highest BCUT2D eigenvalue weighted by Crippen LogP contribution is 2.21. The fourth-order valence-electron chi connectivity index (χ4n) is 3.96. The van der Waals surface area contributed by atoms with Crippen LogP contribution in [0.5, 0.6) is 0 Å². The molecule has 4 rings (SSSR count). The van der Waals surface area contributed by atoms with Crippen LogP contribution in [0.15, 0.2) is 53.0 Å². The van der Waals surface area contributed by atoms with E-state index in [1.807, 2.05) is 59.8 Å². The summed E-state index contributed by atoms with van der Waals surface area (Å²) in [5, 5.41) is 4.56. The molecular weight excluding hydrogens is 459 g/mol. The van der Waals surface area contributed by atoms with E-state index < -0.39 is 0 Å². The average Bonchev–Trinajstić information content (AvgIpc) is 3.02. The van der Waals surface area contributed by atoms with Gasteiger partial charge < -0.3 is 4.90 Å². The first kappa shape index (κ1) is 21.7. The van der Waals surface area contributed by atoms with E-state index in [1.165, 1.54) is 6.07 Å². The fraction of sp³-hybridized carbons (Fsp3) is 0.333. The summed E-state index contributed by atoms with van der Waals surface area (Å²) in [6, 6.07) is 14.7. The number of amides is 1. The van der Waals surface area contributed by atoms with Crippen molar-refractivity contribution in [3.8, 4) is 0 Å². The Kier molecular flexibility index (Phi) is 6.53. The van der Waals surface area contributed by atoms with Crippen molar-refractivity contribution < 1.29 is 9.18 Å². The van der Waals surface area contributed by atoms with Gasteiger partial charge in [-0.1, -0.05) is 30.3 Å². The van der Waals surface area contributed by atoms with Gasteiger partial charge in [-0.05, 0) is 53.5 Å². The first-order valence-corrected chi connectivity index (χ1v) is 11.2. The Labute approximate surface area is 190 Å². The number of halogens is 2. The minimum atomic E-state index is -0.174. The molecule has 1 fully saturated rings. The highest BCUT2D eigenvalue weighted by molar-refractivity contribution is 9.10. The van der Waals surface area contributed by atoms with Gasteiger partial charge in [-0.2, -0.15) is 5.10 Å². The Hall–Kier alpha value is -2.51. The van der Waals surface area contributed by atoms with Crippen LogP contribution < -0.4 is 0 Å². The average molecular weight is 485 g/mol. The number of nitrogens with zero attached hydrogens (tertiary/aromatic N) is 4. The largest absolute Gasteiger partial charge is 0.336 e. The summed E-state index contributed by atoms with van der Waals surface area (Å²) in [5.74, 6) is -0.130. The molecule has 7 heteroatoms. The summed E-state index contributed by atoms with van der Waals surface area (Å²) in [7, 11) is 0. The second kappa shape index (κ2) is 9.32. The summed E-state index contributed by atoms with van der Waals surface area (Å²) < 4.78 is 16.9. The number of hydrogen-bond acceptors (Lipinski definition) is 3. The van der Waals surface area contributed by atoms with Crippen molar-refractivity contribution in [2.75, 3.05) is 26.2 Å². The highest BCUT2D eigenvalue weighted by Gasteiger charge is 2.23. The van der Waals surface area contributed by atoms with Gasteiger partial charge in [-0.15, -0.1) is 0 Å². The van der Waals surface area contributed by atoms with E-state index in [1.54, 1.807) is 6.07 Å². The summed E-state index contributed by atoms with van der Waals surface area (Å²) in [6.45, 7) is 7.94. The van der Waals surface area contributed by atoms with Gasteiger partial charge in [0.05, 0.1) is 22.4 Å². The molecule has 2 aromatic carbocycles. The predicted molar refractivity (Wildman–Crippen MR) is 123 cm³/mol. The fourth-order valence-corrected chi connectivity index (χ4v) is 4.25. The molecule has 1 aliphatic heterocycles. The number of rotatable bonds is 5. The first-order valence-electron chi connectivity index (χ1n) is 10.5. The van der Waals surface area contributed by atoms with Gasteiger partial charge in [-0.25, -0.2) is 4.39 Å². The molecule has 5 nitrogen and oxygen atoms in total. The second-order valence-electron chi connectivity index (χ2n) is 8.00. The molecule has 0 radical (unpaired) electrons. The zero-order chi connectivity index (χ0) is 22.0. The SMILES string of the molecule is Cc1nn(Cc2cccc(C(=O)N3CCN(Cc4ccccc4F)CC3)c2)c(C)c1Br. The maximum absolute atomic E-state index is 13.9. The van der Waals surface area contributed by atoms with Gasteiger partial charge in [0.15, 0.2) is 0 Å². The van der Waals surface area contributed by atoms with Crippen LogP contribution in [0.2, 0.25) is 0 Å². The Morgan fingerprint density at radius 2 is 1.77 bits per heavy atom. The van der Waals surface area contributed by atoms with Crippen LogP contribution in [0.3, 0.4) is 0 Å². The predicted octanol–water partition coefficient (Wildman–Crippen LogP) is 4.41. The van der Waals surface area contributed by atoms with Crippen molar-refractivity contribution >= 4 is 21.8 Å². The lowest BCUT2D eigenvalue weighted by atomic mass is 10.1. The summed E-state index contributed by atoms with van der Waals surface area (Å²) >= 11 is 3.56. The molecule has 0 bridgehead atoms. The Bertz CT molecular complexity index is 1090. The van der Waals surface area contributed by atoms with Crippen molar-refractivity contribution in [2.45, 2.75) is 26.9 Å². The van der Waals surface area contributed by atoms with Crippen LogP contribution in [0.1, 0.15) is 32.9 Å². The van der Waals surface area contributed by atoms with Crippen LogP contribution in [0.4, 0.5) is 4.39 Å². The van der Waals surface area contributed by atoms with E-state index in [2.05, 4.69) is 25.9 Å². The minimum absolute atomic E-state index is 0.0435. The molecule has 2 heterocycles. The summed E-state index contributed by atoms with van der Waals surface area (Å²) in [6.07, 6.45) is 0. The Balaban J connectivity index is 1.38. The molecule has 0 spiro atoms. The number of hydrogen-bond donors (Lipinski definition) is 0. The van der Waals surface area contributed by atoms with Crippen molar-refractivity contribution in [1.29, 1.82) is 0 Å². The lowest BCUT2D eigenvalue weighted by Gasteiger charge is -2.35. The van der Waals surface area contributed by atoms with Crippen molar-refractivity contribution in [3.63, 3.8) is 0 Å². The maximum atomic E-state index is 13.9. The maximum Gasteiger partial charge on any atom is 0.253 e. The van der Waals surface area contributed by atoms with Crippen molar-refractivity contribution in [1.82, 2.24) is 19.6 Å². The molecule has 1 aromatic heterocycles. The Morgan fingerprint density at radius 3 is 2.45 bits per heavy atom. The van der Waals surface area contributed by atoms with Crippen LogP contribution in [0.25, 0.3) is 0 Å². The first-order chi connectivity index (χ1) is 14.9. The van der Waals surface area contributed by atoms with Gasteiger partial charge in [0, 0.05) is 43.9 Å². The highest BCUT2D eigenvalue weighted by atomic mass is 79.9. The number of aryl methyl sites for hydroxylation is 1. The second-order valence-corrected chi connectivity index (χ2v) is 8.80. The zero-order valence-corrected chi connectivity index (χ0v) is 19.4. The molecule has 1 amide bonds. The smallest absolute Gasteiger partial charge is 0.253 e.